The maximum Gasteiger partial charge on any atom is 0.223 e. The highest BCUT2D eigenvalue weighted by Crippen LogP contribution is 2.23. The monoisotopic (exact) mass is 381 g/mol. The Morgan fingerprint density at radius 1 is 1.14 bits per heavy atom. The molecule has 0 saturated carbocycles. The smallest absolute Gasteiger partial charge is 0.223 e. The van der Waals surface area contributed by atoms with Crippen LogP contribution in [-0.2, 0) is 4.79 Å². The fourth-order valence-electron chi connectivity index (χ4n) is 3.64. The highest BCUT2D eigenvalue weighted by atomic mass is 16.5. The Morgan fingerprint density at radius 3 is 2.50 bits per heavy atom. The summed E-state index contributed by atoms with van der Waals surface area (Å²) in [5.41, 5.74) is 0.932. The summed E-state index contributed by atoms with van der Waals surface area (Å²) in [7, 11) is 0. The molecule has 2 aromatic rings. The van der Waals surface area contributed by atoms with Crippen molar-refractivity contribution in [2.24, 2.45) is 11.8 Å². The summed E-state index contributed by atoms with van der Waals surface area (Å²) in [5.74, 6) is 1.45. The number of carbonyl (C=O) groups excluding carboxylic acids is 1. The Morgan fingerprint density at radius 2 is 1.86 bits per heavy atom. The minimum Gasteiger partial charge on any atom is -0.492 e. The molecule has 1 saturated heterocycles. The third kappa shape index (κ3) is 5.80. The largest absolute Gasteiger partial charge is 0.492 e. The van der Waals surface area contributed by atoms with Crippen LogP contribution < -0.4 is 10.1 Å². The zero-order valence-corrected chi connectivity index (χ0v) is 16.9. The Hall–Kier alpha value is -2.40. The first-order chi connectivity index (χ1) is 13.6. The van der Waals surface area contributed by atoms with Gasteiger partial charge in [0.2, 0.25) is 5.91 Å². The molecule has 3 rings (SSSR count). The van der Waals surface area contributed by atoms with Gasteiger partial charge in [0.15, 0.2) is 0 Å². The molecule has 1 amide bonds. The van der Waals surface area contributed by atoms with Gasteiger partial charge < -0.3 is 10.1 Å². The van der Waals surface area contributed by atoms with Gasteiger partial charge in [-0.1, -0.05) is 38.1 Å². The molecule has 5 nitrogen and oxygen atoms in total. The molecule has 1 aromatic heterocycles. The molecule has 28 heavy (non-hydrogen) atoms. The molecule has 1 N–H and O–H groups in total. The van der Waals surface area contributed by atoms with Gasteiger partial charge in [0, 0.05) is 18.7 Å². The van der Waals surface area contributed by atoms with E-state index in [1.165, 1.54) is 0 Å². The predicted octanol–water partition coefficient (Wildman–Crippen LogP) is 3.69. The van der Waals surface area contributed by atoms with Gasteiger partial charge in [0.05, 0.1) is 11.7 Å². The second-order valence-corrected chi connectivity index (χ2v) is 7.76. The van der Waals surface area contributed by atoms with Crippen molar-refractivity contribution in [3.05, 3.63) is 60.4 Å². The summed E-state index contributed by atoms with van der Waals surface area (Å²) in [5, 5.41) is 3.24. The molecular weight excluding hydrogens is 350 g/mol. The molecule has 1 aliphatic heterocycles. The Balaban J connectivity index is 1.43. The quantitative estimate of drug-likeness (QED) is 0.758. The fourth-order valence-corrected chi connectivity index (χ4v) is 3.64. The number of likely N-dealkylation sites (tertiary alicyclic amines) is 1. The summed E-state index contributed by atoms with van der Waals surface area (Å²) in [4.78, 5) is 19.6. The zero-order chi connectivity index (χ0) is 19.8. The zero-order valence-electron chi connectivity index (χ0n) is 16.9. The summed E-state index contributed by atoms with van der Waals surface area (Å²) >= 11 is 0. The van der Waals surface area contributed by atoms with Crippen LogP contribution in [0.15, 0.2) is 54.7 Å². The number of benzene rings is 1. The normalized spacial score (nSPS) is 16.7. The van der Waals surface area contributed by atoms with Crippen molar-refractivity contribution >= 4 is 5.91 Å². The van der Waals surface area contributed by atoms with Gasteiger partial charge in [-0.3, -0.25) is 14.7 Å². The number of nitrogens with zero attached hydrogens (tertiary/aromatic N) is 2. The maximum absolute atomic E-state index is 12.8. The minimum atomic E-state index is -0.0361. The minimum absolute atomic E-state index is 0.0361. The van der Waals surface area contributed by atoms with Crippen LogP contribution in [0.25, 0.3) is 0 Å². The van der Waals surface area contributed by atoms with E-state index in [0.29, 0.717) is 12.5 Å². The lowest BCUT2D eigenvalue weighted by Gasteiger charge is -2.32. The molecule has 1 aromatic carbocycles. The van der Waals surface area contributed by atoms with E-state index in [1.807, 2.05) is 48.5 Å². The van der Waals surface area contributed by atoms with Crippen molar-refractivity contribution in [2.45, 2.75) is 32.7 Å². The van der Waals surface area contributed by atoms with Crippen molar-refractivity contribution in [1.82, 2.24) is 15.2 Å². The molecule has 5 heteroatoms. The molecular formula is C23H31N3O2. The van der Waals surface area contributed by atoms with E-state index in [-0.39, 0.29) is 17.9 Å². The lowest BCUT2D eigenvalue weighted by atomic mass is 9.93. The lowest BCUT2D eigenvalue weighted by molar-refractivity contribution is -0.127. The van der Waals surface area contributed by atoms with E-state index in [9.17, 15) is 4.79 Å². The maximum atomic E-state index is 12.8. The second-order valence-electron chi connectivity index (χ2n) is 7.76. The van der Waals surface area contributed by atoms with Crippen molar-refractivity contribution in [3.63, 3.8) is 0 Å². The molecule has 150 valence electrons. The molecule has 0 radical (unpaired) electrons. The van der Waals surface area contributed by atoms with Crippen LogP contribution in [0.2, 0.25) is 0 Å². The van der Waals surface area contributed by atoms with E-state index in [4.69, 9.17) is 4.74 Å². The number of carbonyl (C=O) groups is 1. The number of hydrogen-bond donors (Lipinski definition) is 1. The van der Waals surface area contributed by atoms with Gasteiger partial charge in [-0.15, -0.1) is 0 Å². The summed E-state index contributed by atoms with van der Waals surface area (Å²) in [6.07, 6.45) is 3.57. The van der Waals surface area contributed by atoms with Crippen LogP contribution in [0.4, 0.5) is 0 Å². The van der Waals surface area contributed by atoms with E-state index >= 15 is 0 Å². The number of aromatic nitrogens is 1. The molecule has 1 aliphatic rings. The highest BCUT2D eigenvalue weighted by Gasteiger charge is 2.28. The highest BCUT2D eigenvalue weighted by molar-refractivity contribution is 5.79. The summed E-state index contributed by atoms with van der Waals surface area (Å²) < 4.78 is 5.78. The standard InChI is InChI=1S/C23H31N3O2/c1-18(2)22(21-10-6-7-13-24-21)25-23(27)19-11-14-26(15-12-19)16-17-28-20-8-4-3-5-9-20/h3-10,13,18-19,22H,11-12,14-17H2,1-2H3,(H,25,27). The van der Waals surface area contributed by atoms with Crippen molar-refractivity contribution in [1.29, 1.82) is 0 Å². The molecule has 0 spiro atoms. The van der Waals surface area contributed by atoms with Gasteiger partial charge in [-0.2, -0.15) is 0 Å². The average Bonchev–Trinajstić information content (AvgIpc) is 2.73. The van der Waals surface area contributed by atoms with Gasteiger partial charge in [-0.05, 0) is 56.1 Å². The number of piperidine rings is 1. The second kappa shape index (κ2) is 10.2. The molecule has 1 unspecified atom stereocenters. The van der Waals surface area contributed by atoms with Gasteiger partial charge in [0.25, 0.3) is 0 Å². The Labute approximate surface area is 168 Å². The van der Waals surface area contributed by atoms with E-state index in [2.05, 4.69) is 29.0 Å². The SMILES string of the molecule is CC(C)C(NC(=O)C1CCN(CCOc2ccccc2)CC1)c1ccccn1. The van der Waals surface area contributed by atoms with Gasteiger partial charge in [-0.25, -0.2) is 0 Å². The lowest BCUT2D eigenvalue weighted by Crippen LogP contribution is -2.43. The van der Waals surface area contributed by atoms with Crippen molar-refractivity contribution in [2.75, 3.05) is 26.2 Å². The number of pyridine rings is 1. The first-order valence-corrected chi connectivity index (χ1v) is 10.2. The average molecular weight is 382 g/mol. The van der Waals surface area contributed by atoms with Crippen LogP contribution in [0, 0.1) is 11.8 Å². The number of amides is 1. The van der Waals surface area contributed by atoms with Crippen LogP contribution in [0.5, 0.6) is 5.75 Å². The van der Waals surface area contributed by atoms with Crippen LogP contribution in [-0.4, -0.2) is 42.0 Å². The van der Waals surface area contributed by atoms with Crippen LogP contribution >= 0.6 is 0 Å². The molecule has 1 fully saturated rings. The van der Waals surface area contributed by atoms with Crippen LogP contribution in [0.3, 0.4) is 0 Å². The fraction of sp³-hybridized carbons (Fsp3) is 0.478. The van der Waals surface area contributed by atoms with E-state index in [0.717, 1.165) is 43.9 Å². The van der Waals surface area contributed by atoms with E-state index < -0.39 is 0 Å². The topological polar surface area (TPSA) is 54.5 Å². The third-order valence-corrected chi connectivity index (χ3v) is 5.35. The number of para-hydroxylation sites is 1. The van der Waals surface area contributed by atoms with E-state index in [1.54, 1.807) is 6.20 Å². The first kappa shape index (κ1) is 20.3. The third-order valence-electron chi connectivity index (χ3n) is 5.35. The number of hydrogen-bond acceptors (Lipinski definition) is 4. The molecule has 1 atom stereocenters. The Bertz CT molecular complexity index is 713. The number of rotatable bonds is 8. The summed E-state index contributed by atoms with van der Waals surface area (Å²) in [6.45, 7) is 7.68. The van der Waals surface area contributed by atoms with Gasteiger partial charge >= 0.3 is 0 Å². The molecule has 0 aliphatic carbocycles. The number of nitrogens with one attached hydrogen (secondary N) is 1. The molecule has 2 heterocycles. The predicted molar refractivity (Wildman–Crippen MR) is 111 cm³/mol. The van der Waals surface area contributed by atoms with Gasteiger partial charge in [0.1, 0.15) is 12.4 Å². The van der Waals surface area contributed by atoms with Crippen molar-refractivity contribution < 1.29 is 9.53 Å². The Kier molecular flexibility index (Phi) is 7.43. The summed E-state index contributed by atoms with van der Waals surface area (Å²) in [6, 6.07) is 15.7. The first-order valence-electron chi connectivity index (χ1n) is 10.2. The molecule has 0 bridgehead atoms. The van der Waals surface area contributed by atoms with Crippen LogP contribution in [0.1, 0.15) is 38.4 Å². The number of ether oxygens (including phenoxy) is 1. The van der Waals surface area contributed by atoms with Crippen molar-refractivity contribution in [3.8, 4) is 5.75 Å².